The lowest BCUT2D eigenvalue weighted by Crippen LogP contribution is -2.22. The van der Waals surface area contributed by atoms with Crippen LogP contribution in [0.1, 0.15) is 0 Å². The van der Waals surface area contributed by atoms with Gasteiger partial charge < -0.3 is 5.32 Å². The molecule has 0 aliphatic carbocycles. The smallest absolute Gasteiger partial charge is 0.360 e. The van der Waals surface area contributed by atoms with Gasteiger partial charge in [-0.25, -0.2) is 0 Å². The minimum atomic E-state index is -4.28. The van der Waals surface area contributed by atoms with Crippen LogP contribution in [0.5, 0.6) is 0 Å². The van der Waals surface area contributed by atoms with Crippen molar-refractivity contribution in [1.29, 1.82) is 0 Å². The second-order valence-corrected chi connectivity index (χ2v) is 2.71. The van der Waals surface area contributed by atoms with Gasteiger partial charge in [-0.1, -0.05) is 0 Å². The Bertz CT molecular complexity index is 463. The summed E-state index contributed by atoms with van der Waals surface area (Å²) in [6.07, 6.45) is -4.28. The number of aromatic nitrogens is 5. The summed E-state index contributed by atoms with van der Waals surface area (Å²) < 4.78 is 36.6. The van der Waals surface area contributed by atoms with Gasteiger partial charge in [0.2, 0.25) is 0 Å². The quantitative estimate of drug-likeness (QED) is 0.794. The average molecular weight is 218 g/mol. The maximum absolute atomic E-state index is 11.9. The fourth-order valence-electron chi connectivity index (χ4n) is 0.935. The van der Waals surface area contributed by atoms with Crippen LogP contribution >= 0.6 is 0 Å². The van der Waals surface area contributed by atoms with E-state index in [2.05, 4.69) is 25.9 Å². The van der Waals surface area contributed by atoms with Gasteiger partial charge in [-0.3, -0.25) is 0 Å². The van der Waals surface area contributed by atoms with E-state index in [9.17, 15) is 13.2 Å². The molecule has 2 rings (SSSR count). The second kappa shape index (κ2) is 3.33. The molecule has 0 aromatic carbocycles. The molecule has 2 heterocycles. The fourth-order valence-corrected chi connectivity index (χ4v) is 0.935. The Kier molecular flexibility index (Phi) is 2.14. The van der Waals surface area contributed by atoms with Gasteiger partial charge >= 0.3 is 6.18 Å². The third-order valence-electron chi connectivity index (χ3n) is 1.54. The van der Waals surface area contributed by atoms with Crippen molar-refractivity contribution in [3.63, 3.8) is 0 Å². The number of hydrogen-bond acceptors (Lipinski definition) is 5. The molecule has 0 atom stereocenters. The number of alkyl halides is 3. The molecule has 0 saturated carbocycles. The summed E-state index contributed by atoms with van der Waals surface area (Å²) in [6.45, 7) is -1.15. The Hall–Kier alpha value is -1.93. The van der Waals surface area contributed by atoms with Crippen molar-refractivity contribution in [2.45, 2.75) is 6.18 Å². The summed E-state index contributed by atoms with van der Waals surface area (Å²) in [6, 6.07) is 2.84. The Balaban J connectivity index is 2.15. The molecule has 0 radical (unpaired) electrons. The number of anilines is 1. The molecule has 0 fully saturated rings. The zero-order chi connectivity index (χ0) is 10.9. The fraction of sp³-hybridized carbons (Fsp3) is 0.333. The first-order valence-corrected chi connectivity index (χ1v) is 3.91. The zero-order valence-corrected chi connectivity index (χ0v) is 7.23. The van der Waals surface area contributed by atoms with Crippen molar-refractivity contribution in [3.8, 4) is 0 Å². The lowest BCUT2D eigenvalue weighted by atomic mass is 10.5. The van der Waals surface area contributed by atoms with Gasteiger partial charge in [-0.15, -0.1) is 14.8 Å². The Morgan fingerprint density at radius 1 is 1.33 bits per heavy atom. The number of rotatable bonds is 2. The van der Waals surface area contributed by atoms with E-state index in [1.54, 1.807) is 0 Å². The second-order valence-electron chi connectivity index (χ2n) is 2.71. The molecule has 2 aromatic rings. The Morgan fingerprint density at radius 2 is 2.13 bits per heavy atom. The van der Waals surface area contributed by atoms with Gasteiger partial charge in [0.05, 0.1) is 0 Å². The third kappa shape index (κ3) is 2.30. The van der Waals surface area contributed by atoms with E-state index in [0.717, 1.165) is 4.63 Å². The third-order valence-corrected chi connectivity index (χ3v) is 1.54. The van der Waals surface area contributed by atoms with Gasteiger partial charge in [-0.2, -0.15) is 13.2 Å². The van der Waals surface area contributed by atoms with Gasteiger partial charge in [0.15, 0.2) is 5.65 Å². The molecule has 15 heavy (non-hydrogen) atoms. The standard InChI is InChI=1S/C6H5F3N6/c7-6(8,9)3-10-4-1-2-5-11-13-14-15(5)12-4/h1-2H,3H2,(H,10,12). The maximum atomic E-state index is 11.9. The van der Waals surface area contributed by atoms with Crippen molar-refractivity contribution < 1.29 is 13.2 Å². The molecule has 0 aliphatic heterocycles. The Labute approximate surface area is 81.1 Å². The first-order valence-electron chi connectivity index (χ1n) is 3.91. The number of tetrazole rings is 1. The van der Waals surface area contributed by atoms with Crippen molar-refractivity contribution in [1.82, 2.24) is 25.3 Å². The molecule has 0 saturated heterocycles. The van der Waals surface area contributed by atoms with E-state index < -0.39 is 12.7 Å². The number of halogens is 3. The summed E-state index contributed by atoms with van der Waals surface area (Å²) in [7, 11) is 0. The number of nitrogens with zero attached hydrogens (tertiary/aromatic N) is 5. The summed E-state index contributed by atoms with van der Waals surface area (Å²) in [4.78, 5) is 0. The van der Waals surface area contributed by atoms with Crippen molar-refractivity contribution in [2.75, 3.05) is 11.9 Å². The average Bonchev–Trinajstić information content (AvgIpc) is 2.60. The highest BCUT2D eigenvalue weighted by molar-refractivity contribution is 5.42. The molecule has 1 N–H and O–H groups in total. The largest absolute Gasteiger partial charge is 0.405 e. The van der Waals surface area contributed by atoms with Gasteiger partial charge in [0.25, 0.3) is 0 Å². The topological polar surface area (TPSA) is 68.0 Å². The van der Waals surface area contributed by atoms with E-state index >= 15 is 0 Å². The molecule has 0 unspecified atom stereocenters. The first-order chi connectivity index (χ1) is 7.04. The molecule has 0 spiro atoms. The van der Waals surface area contributed by atoms with Crippen LogP contribution in [-0.2, 0) is 0 Å². The number of fused-ring (bicyclic) bond motifs is 1. The normalized spacial score (nSPS) is 11.9. The lowest BCUT2D eigenvalue weighted by Gasteiger charge is -2.07. The molecule has 9 heteroatoms. The molecule has 0 bridgehead atoms. The summed E-state index contributed by atoms with van der Waals surface area (Å²) in [5.41, 5.74) is 0.368. The maximum Gasteiger partial charge on any atom is 0.405 e. The van der Waals surface area contributed by atoms with Gasteiger partial charge in [0, 0.05) is 0 Å². The van der Waals surface area contributed by atoms with Crippen LogP contribution in [0.25, 0.3) is 5.65 Å². The summed E-state index contributed by atoms with van der Waals surface area (Å²) in [5.74, 6) is 0.0622. The Morgan fingerprint density at radius 3 is 2.87 bits per heavy atom. The van der Waals surface area contributed by atoms with Crippen molar-refractivity contribution >= 4 is 11.5 Å². The van der Waals surface area contributed by atoms with Crippen LogP contribution in [0.15, 0.2) is 12.1 Å². The molecular formula is C6H5F3N6. The van der Waals surface area contributed by atoms with Crippen LogP contribution in [0.3, 0.4) is 0 Å². The predicted octanol–water partition coefficient (Wildman–Crippen LogP) is 0.493. The van der Waals surface area contributed by atoms with Crippen LogP contribution in [0.2, 0.25) is 0 Å². The van der Waals surface area contributed by atoms with Gasteiger partial charge in [0.1, 0.15) is 12.4 Å². The molecular weight excluding hydrogens is 213 g/mol. The molecule has 6 nitrogen and oxygen atoms in total. The van der Waals surface area contributed by atoms with E-state index in [0.29, 0.717) is 5.65 Å². The number of hydrogen-bond donors (Lipinski definition) is 1. The van der Waals surface area contributed by atoms with Crippen LogP contribution < -0.4 is 5.32 Å². The van der Waals surface area contributed by atoms with Crippen LogP contribution in [0, 0.1) is 0 Å². The predicted molar refractivity (Wildman–Crippen MR) is 43.1 cm³/mol. The highest BCUT2D eigenvalue weighted by Crippen LogP contribution is 2.15. The summed E-state index contributed by atoms with van der Waals surface area (Å²) in [5, 5.41) is 16.1. The van der Waals surface area contributed by atoms with Crippen LogP contribution in [-0.4, -0.2) is 38.0 Å². The number of nitrogens with one attached hydrogen (secondary N) is 1. The molecule has 80 valence electrons. The highest BCUT2D eigenvalue weighted by Gasteiger charge is 2.26. The summed E-state index contributed by atoms with van der Waals surface area (Å²) >= 11 is 0. The van der Waals surface area contributed by atoms with Crippen LogP contribution in [0.4, 0.5) is 19.0 Å². The lowest BCUT2D eigenvalue weighted by molar-refractivity contribution is -0.115. The highest BCUT2D eigenvalue weighted by atomic mass is 19.4. The molecule has 2 aromatic heterocycles. The minimum Gasteiger partial charge on any atom is -0.360 e. The van der Waals surface area contributed by atoms with E-state index in [1.807, 2.05) is 0 Å². The van der Waals surface area contributed by atoms with E-state index in [1.165, 1.54) is 12.1 Å². The SMILES string of the molecule is FC(F)(F)CNc1ccc2nnnn2n1. The molecule has 0 amide bonds. The van der Waals surface area contributed by atoms with E-state index in [-0.39, 0.29) is 5.82 Å². The van der Waals surface area contributed by atoms with Crippen molar-refractivity contribution in [3.05, 3.63) is 12.1 Å². The monoisotopic (exact) mass is 218 g/mol. The van der Waals surface area contributed by atoms with E-state index in [4.69, 9.17) is 0 Å². The first kappa shape index (κ1) is 9.62. The van der Waals surface area contributed by atoms with Crippen molar-refractivity contribution in [2.24, 2.45) is 0 Å². The zero-order valence-electron chi connectivity index (χ0n) is 7.23. The molecule has 0 aliphatic rings. The minimum absolute atomic E-state index is 0.0622. The van der Waals surface area contributed by atoms with Gasteiger partial charge in [-0.05, 0) is 22.6 Å².